The Hall–Kier alpha value is -2.85. The highest BCUT2D eigenvalue weighted by atomic mass is 79.9. The Kier molecular flexibility index (Phi) is 4.44. The minimum atomic E-state index is -1.36. The number of hydrogen-bond acceptors (Lipinski definition) is 4. The van der Waals surface area contributed by atoms with Gasteiger partial charge in [0.05, 0.1) is 17.3 Å². The lowest BCUT2D eigenvalue weighted by molar-refractivity contribution is 0.144. The van der Waals surface area contributed by atoms with Gasteiger partial charge in [0.1, 0.15) is 11.4 Å². The number of halogens is 1. The molecule has 22 heavy (non-hydrogen) atoms. The van der Waals surface area contributed by atoms with Gasteiger partial charge in [0.2, 0.25) is 0 Å². The molecule has 2 aromatic heterocycles. The van der Waals surface area contributed by atoms with Crippen LogP contribution in [-0.2, 0) is 0 Å². The minimum absolute atomic E-state index is 0. The van der Waals surface area contributed by atoms with E-state index in [9.17, 15) is 4.79 Å². The Morgan fingerprint density at radius 2 is 2.00 bits per heavy atom. The van der Waals surface area contributed by atoms with Gasteiger partial charge in [-0.3, -0.25) is 0 Å². The van der Waals surface area contributed by atoms with E-state index < -0.39 is 6.16 Å². The second-order valence-corrected chi connectivity index (χ2v) is 4.31. The van der Waals surface area contributed by atoms with Crippen LogP contribution in [0.25, 0.3) is 16.9 Å². The third-order valence-corrected chi connectivity index (χ3v) is 2.95. The van der Waals surface area contributed by atoms with E-state index in [0.29, 0.717) is 11.2 Å². The molecule has 0 unspecified atom stereocenters. The molecule has 0 saturated carbocycles. The van der Waals surface area contributed by atoms with Crippen LogP contribution in [-0.4, -0.2) is 20.6 Å². The molecule has 0 saturated heterocycles. The van der Waals surface area contributed by atoms with Crippen LogP contribution >= 0.6 is 17.0 Å². The number of pyridine rings is 1. The Balaban J connectivity index is 0.00000176. The summed E-state index contributed by atoms with van der Waals surface area (Å²) in [6.07, 6.45) is 2.13. The number of aromatic nitrogens is 2. The molecule has 1 aromatic carbocycles. The number of carbonyl (C=O) groups is 1. The molecule has 0 aliphatic rings. The average Bonchev–Trinajstić information content (AvgIpc) is 2.90. The number of nitriles is 1. The van der Waals surface area contributed by atoms with Crippen molar-refractivity contribution in [3.8, 4) is 23.1 Å². The van der Waals surface area contributed by atoms with Gasteiger partial charge in [-0.1, -0.05) is 12.1 Å². The number of carboxylic acid groups (broad SMARTS) is 1. The maximum Gasteiger partial charge on any atom is 0.511 e. The van der Waals surface area contributed by atoms with Crippen molar-refractivity contribution in [2.24, 2.45) is 0 Å². The normalized spacial score (nSPS) is 9.77. The lowest BCUT2D eigenvalue weighted by Gasteiger charge is -1.99. The average molecular weight is 360 g/mol. The molecule has 3 aromatic rings. The van der Waals surface area contributed by atoms with Crippen molar-refractivity contribution in [3.05, 3.63) is 54.4 Å². The standard InChI is InChI=1S/C15H9N3O3.BrH/c16-8-10-1-3-11(4-2-10)13-9-18-6-5-12(21-15(19)20)7-14(18)17-13;/h1-7,9H,(H,19,20);1H. The van der Waals surface area contributed by atoms with Gasteiger partial charge in [-0.2, -0.15) is 5.26 Å². The van der Waals surface area contributed by atoms with Gasteiger partial charge < -0.3 is 14.2 Å². The molecule has 0 bridgehead atoms. The summed E-state index contributed by atoms with van der Waals surface area (Å²) in [5.41, 5.74) is 2.76. The van der Waals surface area contributed by atoms with E-state index in [-0.39, 0.29) is 22.7 Å². The third kappa shape index (κ3) is 3.07. The molecule has 0 fully saturated rings. The molecule has 3 rings (SSSR count). The van der Waals surface area contributed by atoms with Crippen LogP contribution in [0.5, 0.6) is 5.75 Å². The van der Waals surface area contributed by atoms with E-state index in [0.717, 1.165) is 11.3 Å². The molecular formula is C15H10BrN3O3. The van der Waals surface area contributed by atoms with E-state index in [1.54, 1.807) is 34.9 Å². The van der Waals surface area contributed by atoms with Gasteiger partial charge in [-0.05, 0) is 18.2 Å². The molecule has 0 aliphatic heterocycles. The second kappa shape index (κ2) is 6.28. The van der Waals surface area contributed by atoms with Crippen LogP contribution in [0.3, 0.4) is 0 Å². The van der Waals surface area contributed by atoms with Crippen molar-refractivity contribution in [3.63, 3.8) is 0 Å². The number of ether oxygens (including phenoxy) is 1. The molecule has 0 radical (unpaired) electrons. The zero-order valence-electron chi connectivity index (χ0n) is 11.1. The van der Waals surface area contributed by atoms with Crippen LogP contribution in [0.4, 0.5) is 4.79 Å². The second-order valence-electron chi connectivity index (χ2n) is 4.31. The van der Waals surface area contributed by atoms with Gasteiger partial charge >= 0.3 is 6.16 Å². The Labute approximate surface area is 136 Å². The van der Waals surface area contributed by atoms with Crippen molar-refractivity contribution in [1.82, 2.24) is 9.38 Å². The molecular weight excluding hydrogens is 350 g/mol. The number of rotatable bonds is 2. The molecule has 7 heteroatoms. The molecule has 0 atom stereocenters. The van der Waals surface area contributed by atoms with E-state index in [1.165, 1.54) is 0 Å². The van der Waals surface area contributed by atoms with Crippen molar-refractivity contribution in [2.75, 3.05) is 0 Å². The van der Waals surface area contributed by atoms with Crippen LogP contribution in [0.2, 0.25) is 0 Å². The highest BCUT2D eigenvalue weighted by Gasteiger charge is 2.07. The highest BCUT2D eigenvalue weighted by Crippen LogP contribution is 2.22. The summed E-state index contributed by atoms with van der Waals surface area (Å²) >= 11 is 0. The Morgan fingerprint density at radius 3 is 2.64 bits per heavy atom. The molecule has 0 spiro atoms. The summed E-state index contributed by atoms with van der Waals surface area (Å²) in [6, 6.07) is 12.2. The van der Waals surface area contributed by atoms with Crippen LogP contribution in [0.1, 0.15) is 5.56 Å². The summed E-state index contributed by atoms with van der Waals surface area (Å²) in [4.78, 5) is 14.9. The van der Waals surface area contributed by atoms with E-state index in [2.05, 4.69) is 15.8 Å². The predicted molar refractivity (Wildman–Crippen MR) is 84.3 cm³/mol. The summed E-state index contributed by atoms with van der Waals surface area (Å²) in [6.45, 7) is 0. The van der Waals surface area contributed by atoms with E-state index in [1.807, 2.05) is 18.3 Å². The Morgan fingerprint density at radius 1 is 1.27 bits per heavy atom. The fraction of sp³-hybridized carbons (Fsp3) is 0. The Bertz CT molecular complexity index is 866. The summed E-state index contributed by atoms with van der Waals surface area (Å²) < 4.78 is 6.36. The van der Waals surface area contributed by atoms with E-state index >= 15 is 0 Å². The molecule has 6 nitrogen and oxygen atoms in total. The first-order valence-electron chi connectivity index (χ1n) is 6.06. The van der Waals surface area contributed by atoms with Crippen LogP contribution < -0.4 is 4.74 Å². The summed E-state index contributed by atoms with van der Waals surface area (Å²) in [7, 11) is 0. The van der Waals surface area contributed by atoms with Crippen molar-refractivity contribution in [2.45, 2.75) is 0 Å². The van der Waals surface area contributed by atoms with Gasteiger partial charge in [0.15, 0.2) is 0 Å². The van der Waals surface area contributed by atoms with Crippen molar-refractivity contribution in [1.29, 1.82) is 5.26 Å². The molecule has 0 aliphatic carbocycles. The predicted octanol–water partition coefficient (Wildman–Crippen LogP) is 3.51. The van der Waals surface area contributed by atoms with Crippen LogP contribution in [0, 0.1) is 11.3 Å². The number of hydrogen-bond donors (Lipinski definition) is 1. The fourth-order valence-electron chi connectivity index (χ4n) is 1.98. The summed E-state index contributed by atoms with van der Waals surface area (Å²) in [5, 5.41) is 17.4. The monoisotopic (exact) mass is 359 g/mol. The zero-order chi connectivity index (χ0) is 14.8. The maximum atomic E-state index is 10.5. The topological polar surface area (TPSA) is 87.6 Å². The number of fused-ring (bicyclic) bond motifs is 1. The third-order valence-electron chi connectivity index (χ3n) is 2.95. The first-order chi connectivity index (χ1) is 10.2. The molecule has 2 heterocycles. The van der Waals surface area contributed by atoms with E-state index in [4.69, 9.17) is 10.4 Å². The van der Waals surface area contributed by atoms with Gasteiger partial charge in [0.25, 0.3) is 0 Å². The highest BCUT2D eigenvalue weighted by molar-refractivity contribution is 8.93. The lowest BCUT2D eigenvalue weighted by Crippen LogP contribution is -2.03. The maximum absolute atomic E-state index is 10.5. The molecule has 110 valence electrons. The number of benzene rings is 1. The quantitative estimate of drug-likeness (QED) is 0.707. The minimum Gasteiger partial charge on any atom is -0.449 e. The SMILES string of the molecule is Br.N#Cc1ccc(-c2cn3ccc(OC(=O)O)cc3n2)cc1. The zero-order valence-corrected chi connectivity index (χ0v) is 12.8. The molecule has 0 amide bonds. The number of nitrogens with zero attached hydrogens (tertiary/aromatic N) is 3. The van der Waals surface area contributed by atoms with Gasteiger partial charge in [-0.25, -0.2) is 9.78 Å². The largest absolute Gasteiger partial charge is 0.511 e. The fourth-order valence-corrected chi connectivity index (χ4v) is 1.98. The van der Waals surface area contributed by atoms with Crippen LogP contribution in [0.15, 0.2) is 48.8 Å². The summed E-state index contributed by atoms with van der Waals surface area (Å²) in [5.74, 6) is 0.215. The smallest absolute Gasteiger partial charge is 0.449 e. The van der Waals surface area contributed by atoms with Crippen molar-refractivity contribution >= 4 is 28.8 Å². The molecule has 1 N–H and O–H groups in total. The first kappa shape index (κ1) is 15.5. The van der Waals surface area contributed by atoms with Gasteiger partial charge in [0, 0.05) is 24.0 Å². The lowest BCUT2D eigenvalue weighted by atomic mass is 10.1. The van der Waals surface area contributed by atoms with Gasteiger partial charge in [-0.15, -0.1) is 17.0 Å². The number of imidazole rings is 1. The first-order valence-corrected chi connectivity index (χ1v) is 6.06. The van der Waals surface area contributed by atoms with Crippen molar-refractivity contribution < 1.29 is 14.6 Å².